The van der Waals surface area contributed by atoms with Crippen LogP contribution < -0.4 is 10.9 Å². The predicted octanol–water partition coefficient (Wildman–Crippen LogP) is 4.19. The molecule has 8 heteroatoms. The number of aliphatic hydroxyl groups is 1. The molecule has 0 spiro atoms. The fraction of sp³-hybridized carbons (Fsp3) is 0.483. The third kappa shape index (κ3) is 5.89. The van der Waals surface area contributed by atoms with Crippen LogP contribution in [0.25, 0.3) is 22.3 Å². The van der Waals surface area contributed by atoms with E-state index in [0.717, 1.165) is 50.9 Å². The van der Waals surface area contributed by atoms with Crippen LogP contribution in [-0.4, -0.2) is 57.2 Å². The van der Waals surface area contributed by atoms with Gasteiger partial charge >= 0.3 is 0 Å². The number of benzene rings is 2. The van der Waals surface area contributed by atoms with E-state index < -0.39 is 0 Å². The van der Waals surface area contributed by atoms with Crippen molar-refractivity contribution in [2.24, 2.45) is 5.92 Å². The number of piperidine rings is 1. The SMILES string of the molecule is CC(C)NC(=O)Cn1c(-c2cccc(Cl)c2)nc2ccc([C@H]3C[C@H](CN4CCC(O)CC4)C3)cc2c1=O. The molecular formula is C29H35ClN4O3. The molecule has 0 atom stereocenters. The molecule has 3 aromatic rings. The van der Waals surface area contributed by atoms with Crippen LogP contribution in [0.5, 0.6) is 0 Å². The number of amides is 1. The monoisotopic (exact) mass is 522 g/mol. The largest absolute Gasteiger partial charge is 0.393 e. The number of carbonyl (C=O) groups excluding carboxylic acids is 1. The van der Waals surface area contributed by atoms with Gasteiger partial charge < -0.3 is 15.3 Å². The lowest BCUT2D eigenvalue weighted by molar-refractivity contribution is -0.122. The number of hydrogen-bond donors (Lipinski definition) is 2. The maximum Gasteiger partial charge on any atom is 0.262 e. The Morgan fingerprint density at radius 2 is 1.92 bits per heavy atom. The number of aromatic nitrogens is 2. The Bertz CT molecular complexity index is 1340. The lowest BCUT2D eigenvalue weighted by Gasteiger charge is -2.40. The highest BCUT2D eigenvalue weighted by atomic mass is 35.5. The molecule has 2 aromatic carbocycles. The standard InChI is InChI=1S/C29H35ClN4O3/c1-18(2)31-27(36)17-34-28(21-4-3-5-23(30)14-21)32-26-7-6-20(15-25(26)29(34)37)22-12-19(13-22)16-33-10-8-24(35)9-11-33/h3-7,14-15,18-19,22,24,35H,8-13,16-17H2,1-2H3,(H,31,36)/t19-,22-. The Labute approximate surface area is 222 Å². The molecule has 2 aliphatic rings. The first kappa shape index (κ1) is 25.9. The van der Waals surface area contributed by atoms with Crippen LogP contribution in [0.2, 0.25) is 5.02 Å². The van der Waals surface area contributed by atoms with Gasteiger partial charge in [-0.25, -0.2) is 4.98 Å². The van der Waals surface area contributed by atoms with E-state index in [1.807, 2.05) is 38.1 Å². The van der Waals surface area contributed by atoms with E-state index in [1.54, 1.807) is 12.1 Å². The van der Waals surface area contributed by atoms with Crippen molar-refractivity contribution < 1.29 is 9.90 Å². The first-order chi connectivity index (χ1) is 17.8. The lowest BCUT2D eigenvalue weighted by Crippen LogP contribution is -2.41. The summed E-state index contributed by atoms with van der Waals surface area (Å²) in [7, 11) is 0. The number of fused-ring (bicyclic) bond motifs is 1. The van der Waals surface area contributed by atoms with Gasteiger partial charge in [-0.15, -0.1) is 0 Å². The van der Waals surface area contributed by atoms with Crippen molar-refractivity contribution in [3.8, 4) is 11.4 Å². The average Bonchev–Trinajstić information content (AvgIpc) is 2.83. The number of hydrogen-bond acceptors (Lipinski definition) is 5. The second-order valence-corrected chi connectivity index (χ2v) is 11.3. The molecule has 1 amide bonds. The van der Waals surface area contributed by atoms with Crippen LogP contribution in [0.1, 0.15) is 51.0 Å². The van der Waals surface area contributed by atoms with Gasteiger partial charge in [0.25, 0.3) is 5.56 Å². The maximum absolute atomic E-state index is 13.7. The van der Waals surface area contributed by atoms with Crippen molar-refractivity contribution in [2.45, 2.75) is 64.1 Å². The average molecular weight is 523 g/mol. The summed E-state index contributed by atoms with van der Waals surface area (Å²) in [5, 5.41) is 13.7. The minimum absolute atomic E-state index is 0.0283. The second kappa shape index (κ2) is 10.9. The quantitative estimate of drug-likeness (QED) is 0.486. The van der Waals surface area contributed by atoms with Gasteiger partial charge in [-0.05, 0) is 81.2 Å². The number of halogens is 1. The number of nitrogens with zero attached hydrogens (tertiary/aromatic N) is 3. The molecule has 1 aliphatic heterocycles. The zero-order chi connectivity index (χ0) is 26.1. The molecule has 2 N–H and O–H groups in total. The summed E-state index contributed by atoms with van der Waals surface area (Å²) in [4.78, 5) is 33.7. The van der Waals surface area contributed by atoms with Crippen molar-refractivity contribution in [1.82, 2.24) is 19.8 Å². The minimum Gasteiger partial charge on any atom is -0.393 e. The summed E-state index contributed by atoms with van der Waals surface area (Å²) in [5.74, 6) is 1.27. The first-order valence-corrected chi connectivity index (χ1v) is 13.6. The second-order valence-electron chi connectivity index (χ2n) is 10.9. The predicted molar refractivity (Wildman–Crippen MR) is 147 cm³/mol. The fourth-order valence-electron chi connectivity index (χ4n) is 5.62. The number of likely N-dealkylation sites (tertiary alicyclic amines) is 1. The molecule has 37 heavy (non-hydrogen) atoms. The van der Waals surface area contributed by atoms with Crippen LogP contribution in [0.15, 0.2) is 47.3 Å². The van der Waals surface area contributed by atoms with Gasteiger partial charge in [0.1, 0.15) is 12.4 Å². The smallest absolute Gasteiger partial charge is 0.262 e. The number of rotatable bonds is 7. The molecule has 1 aliphatic carbocycles. The Morgan fingerprint density at radius 3 is 2.62 bits per heavy atom. The van der Waals surface area contributed by atoms with E-state index >= 15 is 0 Å². The van der Waals surface area contributed by atoms with Gasteiger partial charge in [0.15, 0.2) is 0 Å². The molecular weight excluding hydrogens is 488 g/mol. The van der Waals surface area contributed by atoms with Crippen LogP contribution in [0.3, 0.4) is 0 Å². The van der Waals surface area contributed by atoms with Gasteiger partial charge in [-0.3, -0.25) is 14.2 Å². The highest BCUT2D eigenvalue weighted by molar-refractivity contribution is 6.30. The zero-order valence-electron chi connectivity index (χ0n) is 21.5. The summed E-state index contributed by atoms with van der Waals surface area (Å²) in [6, 6.07) is 13.2. The summed E-state index contributed by atoms with van der Waals surface area (Å²) < 4.78 is 1.46. The minimum atomic E-state index is -0.232. The Balaban J connectivity index is 1.41. The van der Waals surface area contributed by atoms with Crippen LogP contribution in [0.4, 0.5) is 0 Å². The molecule has 1 aromatic heterocycles. The molecule has 196 valence electrons. The Hall–Kier alpha value is -2.74. The third-order valence-corrected chi connectivity index (χ3v) is 7.83. The molecule has 1 saturated carbocycles. The van der Waals surface area contributed by atoms with Crippen LogP contribution in [-0.2, 0) is 11.3 Å². The van der Waals surface area contributed by atoms with Gasteiger partial charge in [-0.2, -0.15) is 0 Å². The van der Waals surface area contributed by atoms with Crippen molar-refractivity contribution >= 4 is 28.4 Å². The number of aliphatic hydroxyl groups excluding tert-OH is 1. The number of carbonyl (C=O) groups is 1. The molecule has 5 rings (SSSR count). The van der Waals surface area contributed by atoms with Crippen molar-refractivity contribution in [3.63, 3.8) is 0 Å². The molecule has 0 bridgehead atoms. The lowest BCUT2D eigenvalue weighted by atomic mass is 9.71. The van der Waals surface area contributed by atoms with E-state index in [2.05, 4.69) is 16.3 Å². The van der Waals surface area contributed by atoms with Gasteiger partial charge in [0.05, 0.1) is 17.0 Å². The fourth-order valence-corrected chi connectivity index (χ4v) is 5.81. The number of nitrogens with one attached hydrogen (secondary N) is 1. The molecule has 2 fully saturated rings. The maximum atomic E-state index is 13.7. The van der Waals surface area contributed by atoms with E-state index in [0.29, 0.717) is 39.1 Å². The van der Waals surface area contributed by atoms with E-state index in [9.17, 15) is 14.7 Å². The normalized spacial score (nSPS) is 20.8. The van der Waals surface area contributed by atoms with E-state index in [1.165, 1.54) is 4.57 Å². The van der Waals surface area contributed by atoms with Gasteiger partial charge in [0, 0.05) is 36.3 Å². The zero-order valence-corrected chi connectivity index (χ0v) is 22.2. The van der Waals surface area contributed by atoms with Crippen molar-refractivity contribution in [1.29, 1.82) is 0 Å². The molecule has 2 heterocycles. The Morgan fingerprint density at radius 1 is 1.16 bits per heavy atom. The summed E-state index contributed by atoms with van der Waals surface area (Å²) in [6.45, 7) is 6.71. The molecule has 1 saturated heterocycles. The first-order valence-electron chi connectivity index (χ1n) is 13.3. The summed E-state index contributed by atoms with van der Waals surface area (Å²) in [5.41, 5.74) is 2.25. The van der Waals surface area contributed by atoms with Crippen molar-refractivity contribution in [2.75, 3.05) is 19.6 Å². The molecule has 0 radical (unpaired) electrons. The third-order valence-electron chi connectivity index (χ3n) is 7.59. The van der Waals surface area contributed by atoms with E-state index in [-0.39, 0.29) is 30.2 Å². The van der Waals surface area contributed by atoms with Crippen LogP contribution >= 0.6 is 11.6 Å². The van der Waals surface area contributed by atoms with Gasteiger partial charge in [0.2, 0.25) is 5.91 Å². The summed E-state index contributed by atoms with van der Waals surface area (Å²) >= 11 is 6.23. The topological polar surface area (TPSA) is 87.5 Å². The molecule has 7 nitrogen and oxygen atoms in total. The highest BCUT2D eigenvalue weighted by Crippen LogP contribution is 2.42. The van der Waals surface area contributed by atoms with Crippen LogP contribution in [0, 0.1) is 5.92 Å². The highest BCUT2D eigenvalue weighted by Gasteiger charge is 2.32. The van der Waals surface area contributed by atoms with Crippen molar-refractivity contribution in [3.05, 3.63) is 63.4 Å². The van der Waals surface area contributed by atoms with E-state index in [4.69, 9.17) is 16.6 Å². The Kier molecular flexibility index (Phi) is 7.65. The molecule has 0 unspecified atom stereocenters. The summed E-state index contributed by atoms with van der Waals surface area (Å²) in [6.07, 6.45) is 3.79. The van der Waals surface area contributed by atoms with Gasteiger partial charge in [-0.1, -0.05) is 29.8 Å².